The largest absolute Gasteiger partial charge is 0.506 e. The highest BCUT2D eigenvalue weighted by molar-refractivity contribution is 7.92. The maximum Gasteiger partial charge on any atom is 0.286 e. The first-order valence-corrected chi connectivity index (χ1v) is 19.1. The van der Waals surface area contributed by atoms with Gasteiger partial charge in [0, 0.05) is 17.8 Å². The standard InChI is InChI=1S/C37H38N4O6S2/c1-36(2,3)20-21-37(38-23-24-14-16-26(17-15-24)25-10-6-5-7-11-25)29-13-9-8-12-28(29)33(42)32(34(37)43)35-39-30-19-18-27(40-48(4,44)45)22-31(30)49(46,47)41-35/h5-19,22,38,40,42H,20-21,23H2,1-4H3,(H,39,41). The monoisotopic (exact) mass is 698 g/mol. The maximum atomic E-state index is 15.0. The van der Waals surface area contributed by atoms with Gasteiger partial charge in [0.15, 0.2) is 11.6 Å². The molecule has 0 spiro atoms. The van der Waals surface area contributed by atoms with Crippen LogP contribution in [0, 0.1) is 5.41 Å². The maximum absolute atomic E-state index is 15.0. The summed E-state index contributed by atoms with van der Waals surface area (Å²) in [4.78, 5) is 14.7. The Morgan fingerprint density at radius 1 is 0.898 bits per heavy atom. The molecule has 0 saturated heterocycles. The van der Waals surface area contributed by atoms with E-state index in [2.05, 4.69) is 40.5 Å². The minimum atomic E-state index is -4.43. The van der Waals surface area contributed by atoms with E-state index in [1.54, 1.807) is 12.1 Å². The zero-order valence-corrected chi connectivity index (χ0v) is 29.2. The lowest BCUT2D eigenvalue weighted by Crippen LogP contribution is -2.53. The lowest BCUT2D eigenvalue weighted by atomic mass is 9.69. The first-order chi connectivity index (χ1) is 23.1. The third-order valence-electron chi connectivity index (χ3n) is 8.66. The van der Waals surface area contributed by atoms with E-state index in [0.29, 0.717) is 30.5 Å². The second-order valence-electron chi connectivity index (χ2n) is 13.6. The molecule has 0 amide bonds. The van der Waals surface area contributed by atoms with Crippen LogP contribution in [0.15, 0.2) is 112 Å². The number of anilines is 2. The molecule has 4 aromatic carbocycles. The lowest BCUT2D eigenvalue weighted by Gasteiger charge is -2.41. The van der Waals surface area contributed by atoms with Gasteiger partial charge in [-0.25, -0.2) is 8.42 Å². The summed E-state index contributed by atoms with van der Waals surface area (Å²) in [6, 6.07) is 29.1. The summed E-state index contributed by atoms with van der Waals surface area (Å²) < 4.78 is 56.8. The number of carbonyl (C=O) groups excluding carboxylic acids is 1. The van der Waals surface area contributed by atoms with Gasteiger partial charge in [-0.05, 0) is 58.7 Å². The van der Waals surface area contributed by atoms with Crippen LogP contribution < -0.4 is 15.4 Å². The molecule has 1 unspecified atom stereocenters. The molecule has 254 valence electrons. The third kappa shape index (κ3) is 7.03. The Hall–Kier alpha value is -4.78. The zero-order valence-electron chi connectivity index (χ0n) is 27.6. The first-order valence-electron chi connectivity index (χ1n) is 15.8. The van der Waals surface area contributed by atoms with Crippen LogP contribution in [-0.4, -0.2) is 39.8 Å². The molecule has 1 aliphatic heterocycles. The topological polar surface area (TPSA) is 154 Å². The summed E-state index contributed by atoms with van der Waals surface area (Å²) in [5.74, 6) is -1.22. The number of amidine groups is 1. The molecule has 0 fully saturated rings. The lowest BCUT2D eigenvalue weighted by molar-refractivity contribution is -0.122. The average molecular weight is 699 g/mol. The highest BCUT2D eigenvalue weighted by Gasteiger charge is 2.49. The van der Waals surface area contributed by atoms with Crippen LogP contribution in [-0.2, 0) is 36.9 Å². The van der Waals surface area contributed by atoms with Gasteiger partial charge in [0.05, 0.1) is 11.9 Å². The molecule has 12 heteroatoms. The Kier molecular flexibility index (Phi) is 8.76. The van der Waals surface area contributed by atoms with Crippen LogP contribution in [0.25, 0.3) is 16.9 Å². The molecule has 49 heavy (non-hydrogen) atoms. The number of sulfonamides is 2. The smallest absolute Gasteiger partial charge is 0.286 e. The second-order valence-corrected chi connectivity index (χ2v) is 16.9. The van der Waals surface area contributed by atoms with Crippen molar-refractivity contribution in [3.8, 4) is 11.1 Å². The number of carbonyl (C=O) groups is 1. The van der Waals surface area contributed by atoms with Crippen LogP contribution in [0.3, 0.4) is 0 Å². The molecule has 0 aromatic heterocycles. The molecule has 0 radical (unpaired) electrons. The fourth-order valence-corrected chi connectivity index (χ4v) is 7.88. The number of fused-ring (bicyclic) bond motifs is 2. The molecule has 1 atom stereocenters. The Morgan fingerprint density at radius 2 is 1.55 bits per heavy atom. The number of hydrogen-bond acceptors (Lipinski definition) is 8. The van der Waals surface area contributed by atoms with Gasteiger partial charge in [-0.15, -0.1) is 4.40 Å². The predicted molar refractivity (Wildman–Crippen MR) is 193 cm³/mol. The fourth-order valence-electron chi connectivity index (χ4n) is 6.18. The number of aliphatic hydroxyl groups excluding tert-OH is 1. The minimum absolute atomic E-state index is 0.0391. The summed E-state index contributed by atoms with van der Waals surface area (Å²) in [5, 5.41) is 18.1. The van der Waals surface area contributed by atoms with Gasteiger partial charge in [-0.3, -0.25) is 14.8 Å². The van der Waals surface area contributed by atoms with Crippen LogP contribution >= 0.6 is 0 Å². The number of hydrogen-bond donors (Lipinski definition) is 4. The van der Waals surface area contributed by atoms with E-state index in [4.69, 9.17) is 0 Å². The van der Waals surface area contributed by atoms with E-state index in [1.165, 1.54) is 12.1 Å². The van der Waals surface area contributed by atoms with Gasteiger partial charge in [0.25, 0.3) is 10.0 Å². The van der Waals surface area contributed by atoms with Crippen molar-refractivity contribution in [3.05, 3.63) is 119 Å². The fraction of sp³-hybridized carbons (Fsp3) is 0.243. The molecule has 6 rings (SSSR count). The molecule has 0 bridgehead atoms. The molecule has 0 saturated carbocycles. The van der Waals surface area contributed by atoms with Gasteiger partial charge in [0.1, 0.15) is 21.8 Å². The first kappa shape index (κ1) is 34.1. The summed E-state index contributed by atoms with van der Waals surface area (Å²) in [6.07, 6.45) is 1.93. The molecule has 4 aromatic rings. The van der Waals surface area contributed by atoms with Crippen LogP contribution in [0.4, 0.5) is 11.4 Å². The van der Waals surface area contributed by atoms with E-state index in [0.717, 1.165) is 29.0 Å². The number of benzene rings is 4. The summed E-state index contributed by atoms with van der Waals surface area (Å²) >= 11 is 0. The van der Waals surface area contributed by atoms with E-state index in [1.807, 2.05) is 66.7 Å². The van der Waals surface area contributed by atoms with E-state index in [9.17, 15) is 26.7 Å². The molecule has 4 N–H and O–H groups in total. The Labute approximate surface area is 287 Å². The predicted octanol–water partition coefficient (Wildman–Crippen LogP) is 6.60. The third-order valence-corrected chi connectivity index (χ3v) is 10.6. The van der Waals surface area contributed by atoms with Crippen LogP contribution in [0.2, 0.25) is 0 Å². The van der Waals surface area contributed by atoms with Crippen LogP contribution in [0.5, 0.6) is 0 Å². The Bertz CT molecular complexity index is 2220. The Balaban J connectivity index is 1.42. The highest BCUT2D eigenvalue weighted by Crippen LogP contribution is 2.44. The second kappa shape index (κ2) is 12.6. The summed E-state index contributed by atoms with van der Waals surface area (Å²) in [6.45, 7) is 6.56. The summed E-state index contributed by atoms with van der Waals surface area (Å²) in [7, 11) is -8.10. The number of rotatable bonds is 9. The van der Waals surface area contributed by atoms with Gasteiger partial charge >= 0.3 is 0 Å². The number of aliphatic hydroxyl groups is 1. The van der Waals surface area contributed by atoms with Crippen molar-refractivity contribution in [2.75, 3.05) is 16.3 Å². The van der Waals surface area contributed by atoms with E-state index in [-0.39, 0.29) is 38.9 Å². The highest BCUT2D eigenvalue weighted by atomic mass is 32.2. The van der Waals surface area contributed by atoms with Gasteiger partial charge in [0.2, 0.25) is 10.0 Å². The van der Waals surface area contributed by atoms with Crippen molar-refractivity contribution in [1.29, 1.82) is 0 Å². The molecule has 1 aliphatic carbocycles. The number of nitrogens with one attached hydrogen (secondary N) is 3. The van der Waals surface area contributed by atoms with E-state index >= 15 is 0 Å². The zero-order chi connectivity index (χ0) is 35.2. The van der Waals surface area contributed by atoms with Gasteiger partial charge in [-0.1, -0.05) is 99.6 Å². The van der Waals surface area contributed by atoms with Crippen molar-refractivity contribution in [3.63, 3.8) is 0 Å². The molecule has 10 nitrogen and oxygen atoms in total. The van der Waals surface area contributed by atoms with Crippen molar-refractivity contribution in [2.24, 2.45) is 9.81 Å². The Morgan fingerprint density at radius 3 is 2.22 bits per heavy atom. The molecule has 1 heterocycles. The SMILES string of the molecule is CC(C)(C)CCC1(NCc2ccc(-c3ccccc3)cc2)C(=O)C(C2=NS(=O)(=O)c3cc(NS(C)(=O)=O)ccc3N2)=C(O)c2ccccc21. The van der Waals surface area contributed by atoms with Gasteiger partial charge in [-0.2, -0.15) is 8.42 Å². The quantitative estimate of drug-likeness (QED) is 0.153. The van der Waals surface area contributed by atoms with E-state index < -0.39 is 31.4 Å². The van der Waals surface area contributed by atoms with Gasteiger partial charge < -0.3 is 10.4 Å². The van der Waals surface area contributed by atoms with Crippen molar-refractivity contribution >= 4 is 48.8 Å². The molecular weight excluding hydrogens is 661 g/mol. The normalized spacial score (nSPS) is 18.6. The molecule has 2 aliphatic rings. The summed E-state index contributed by atoms with van der Waals surface area (Å²) in [5.41, 5.74) is 2.41. The van der Waals surface area contributed by atoms with Crippen molar-refractivity contribution < 1.29 is 26.7 Å². The van der Waals surface area contributed by atoms with Crippen molar-refractivity contribution in [2.45, 2.75) is 50.6 Å². The van der Waals surface area contributed by atoms with Crippen LogP contribution in [0.1, 0.15) is 50.3 Å². The number of nitrogens with zero attached hydrogens (tertiary/aromatic N) is 1. The van der Waals surface area contributed by atoms with Crippen molar-refractivity contribution in [1.82, 2.24) is 5.32 Å². The minimum Gasteiger partial charge on any atom is -0.506 e. The molecular formula is C37H38N4O6S2. The number of ketones is 1. The average Bonchev–Trinajstić information content (AvgIpc) is 3.04. The number of Topliss-reactive ketones (excluding diaryl/α,β-unsaturated/α-hetero) is 1.